The molecule has 2 heterocycles. The van der Waals surface area contributed by atoms with Crippen molar-refractivity contribution >= 4 is 45.0 Å². The summed E-state index contributed by atoms with van der Waals surface area (Å²) in [6.07, 6.45) is 1.75. The maximum Gasteiger partial charge on any atom is 0.259 e. The molecule has 0 amide bonds. The highest BCUT2D eigenvalue weighted by molar-refractivity contribution is 7.14. The first-order chi connectivity index (χ1) is 11.6. The number of ether oxygens (including phenoxy) is 1. The number of rotatable bonds is 2. The molecule has 0 radical (unpaired) electrons. The number of phenolic OH excluding ortho intramolecular Hbond substituents is 1. The zero-order valence-corrected chi connectivity index (χ0v) is 14.1. The molecule has 0 aliphatic heterocycles. The molecule has 2 aromatic heterocycles. The predicted octanol–water partition coefficient (Wildman–Crippen LogP) is 2.82. The standard InChI is InChI=1S/C17H11ClN2O3S/c1-23-15-7-9(2-5-14(15)21)6-13-16(22)24-17-19-11-8-10(18)3-4-12(11)20(13)17/h2-8,21H,1H3/b13-6+. The summed E-state index contributed by atoms with van der Waals surface area (Å²) in [6.45, 7) is 0. The fraction of sp³-hybridized carbons (Fsp3) is 0.0588. The number of thiazole rings is 1. The number of phenols is 1. The van der Waals surface area contributed by atoms with E-state index in [0.29, 0.717) is 21.1 Å². The zero-order valence-electron chi connectivity index (χ0n) is 12.5. The smallest absolute Gasteiger partial charge is 0.259 e. The Balaban J connectivity index is 2.03. The quantitative estimate of drug-likeness (QED) is 0.598. The highest BCUT2D eigenvalue weighted by Crippen LogP contribution is 2.26. The van der Waals surface area contributed by atoms with Gasteiger partial charge in [0.25, 0.3) is 4.74 Å². The van der Waals surface area contributed by atoms with Crippen LogP contribution in [0, 0.1) is 0 Å². The average Bonchev–Trinajstić information content (AvgIpc) is 3.04. The number of fused-ring (bicyclic) bond motifs is 3. The van der Waals surface area contributed by atoms with Crippen molar-refractivity contribution in [3.8, 4) is 11.5 Å². The van der Waals surface area contributed by atoms with Gasteiger partial charge in [0, 0.05) is 5.02 Å². The van der Waals surface area contributed by atoms with Gasteiger partial charge in [-0.2, -0.15) is 0 Å². The Morgan fingerprint density at radius 3 is 2.92 bits per heavy atom. The van der Waals surface area contributed by atoms with Crippen LogP contribution in [0.25, 0.3) is 22.1 Å². The zero-order chi connectivity index (χ0) is 16.8. The van der Waals surface area contributed by atoms with Crippen LogP contribution >= 0.6 is 22.9 Å². The molecule has 0 bridgehead atoms. The number of hydrogen-bond donors (Lipinski definition) is 1. The Morgan fingerprint density at radius 2 is 2.12 bits per heavy atom. The van der Waals surface area contributed by atoms with E-state index in [2.05, 4.69) is 4.98 Å². The van der Waals surface area contributed by atoms with E-state index < -0.39 is 0 Å². The van der Waals surface area contributed by atoms with E-state index in [4.69, 9.17) is 16.3 Å². The molecule has 4 rings (SSSR count). The lowest BCUT2D eigenvalue weighted by Gasteiger charge is -2.03. The van der Waals surface area contributed by atoms with E-state index in [1.165, 1.54) is 13.2 Å². The van der Waals surface area contributed by atoms with Crippen molar-refractivity contribution in [3.63, 3.8) is 0 Å². The molecule has 24 heavy (non-hydrogen) atoms. The Labute approximate surface area is 145 Å². The number of nitrogens with zero attached hydrogens (tertiary/aromatic N) is 2. The molecular formula is C17H11ClN2O3S. The van der Waals surface area contributed by atoms with Gasteiger partial charge >= 0.3 is 0 Å². The van der Waals surface area contributed by atoms with Crippen molar-refractivity contribution in [2.75, 3.05) is 7.11 Å². The molecule has 0 spiro atoms. The molecule has 1 N–H and O–H groups in total. The third-order valence-electron chi connectivity index (χ3n) is 3.73. The van der Waals surface area contributed by atoms with Gasteiger partial charge in [0.15, 0.2) is 16.5 Å². The summed E-state index contributed by atoms with van der Waals surface area (Å²) in [4.78, 5) is 17.4. The SMILES string of the molecule is COc1cc(/C=c2\c(=O)sc3nc4cc(Cl)ccc4n23)ccc1O. The van der Waals surface area contributed by atoms with Crippen molar-refractivity contribution < 1.29 is 9.84 Å². The average molecular weight is 359 g/mol. The van der Waals surface area contributed by atoms with Gasteiger partial charge in [-0.25, -0.2) is 4.98 Å². The van der Waals surface area contributed by atoms with Crippen LogP contribution in [0.1, 0.15) is 5.56 Å². The normalized spacial score (nSPS) is 12.3. The van der Waals surface area contributed by atoms with Crippen LogP contribution in [0.3, 0.4) is 0 Å². The number of methoxy groups -OCH3 is 1. The summed E-state index contributed by atoms with van der Waals surface area (Å²) < 4.78 is 6.85. The second kappa shape index (κ2) is 5.51. The van der Waals surface area contributed by atoms with Crippen LogP contribution in [0.2, 0.25) is 5.02 Å². The molecule has 120 valence electrons. The van der Waals surface area contributed by atoms with Crippen molar-refractivity contribution in [2.45, 2.75) is 0 Å². The van der Waals surface area contributed by atoms with Gasteiger partial charge in [0.2, 0.25) is 0 Å². The van der Waals surface area contributed by atoms with Crippen molar-refractivity contribution in [1.82, 2.24) is 9.38 Å². The summed E-state index contributed by atoms with van der Waals surface area (Å²) in [7, 11) is 1.48. The van der Waals surface area contributed by atoms with E-state index in [-0.39, 0.29) is 10.5 Å². The molecule has 0 unspecified atom stereocenters. The van der Waals surface area contributed by atoms with Crippen molar-refractivity contribution in [3.05, 3.63) is 61.9 Å². The largest absolute Gasteiger partial charge is 0.504 e. The van der Waals surface area contributed by atoms with Crippen LogP contribution in [0.5, 0.6) is 11.5 Å². The van der Waals surface area contributed by atoms with E-state index in [1.54, 1.807) is 30.3 Å². The number of hydrogen-bond acceptors (Lipinski definition) is 5. The third kappa shape index (κ3) is 2.31. The summed E-state index contributed by atoms with van der Waals surface area (Å²) in [6, 6.07) is 10.3. The van der Waals surface area contributed by atoms with Crippen molar-refractivity contribution in [1.29, 1.82) is 0 Å². The van der Waals surface area contributed by atoms with E-state index in [9.17, 15) is 9.90 Å². The van der Waals surface area contributed by atoms with Gasteiger partial charge in [0.1, 0.15) is 5.35 Å². The Hall–Kier alpha value is -2.57. The fourth-order valence-electron chi connectivity index (χ4n) is 2.62. The first-order valence-electron chi connectivity index (χ1n) is 7.06. The Kier molecular flexibility index (Phi) is 3.44. The first-order valence-corrected chi connectivity index (χ1v) is 8.25. The number of halogens is 1. The molecule has 0 saturated heterocycles. The van der Waals surface area contributed by atoms with Crippen molar-refractivity contribution in [2.24, 2.45) is 0 Å². The minimum absolute atomic E-state index is 0.0511. The van der Waals surface area contributed by atoms with Gasteiger partial charge in [0.05, 0.1) is 18.1 Å². The lowest BCUT2D eigenvalue weighted by atomic mass is 10.2. The third-order valence-corrected chi connectivity index (χ3v) is 4.81. The molecule has 5 nitrogen and oxygen atoms in total. The minimum atomic E-state index is -0.0820. The number of aromatic hydroxyl groups is 1. The molecule has 4 aromatic rings. The lowest BCUT2D eigenvalue weighted by molar-refractivity contribution is 0.373. The molecule has 0 fully saturated rings. The van der Waals surface area contributed by atoms with E-state index >= 15 is 0 Å². The van der Waals surface area contributed by atoms with Crippen LogP contribution < -0.4 is 14.8 Å². The fourth-order valence-corrected chi connectivity index (χ4v) is 3.64. The topological polar surface area (TPSA) is 63.8 Å². The molecule has 0 saturated carbocycles. The summed E-state index contributed by atoms with van der Waals surface area (Å²) >= 11 is 7.09. The molecule has 2 aromatic carbocycles. The number of benzene rings is 2. The number of aromatic nitrogens is 2. The monoisotopic (exact) mass is 358 g/mol. The molecule has 7 heteroatoms. The molecule has 0 atom stereocenters. The van der Waals surface area contributed by atoms with E-state index in [0.717, 1.165) is 27.9 Å². The van der Waals surface area contributed by atoms with Crippen LogP contribution in [0.15, 0.2) is 41.2 Å². The minimum Gasteiger partial charge on any atom is -0.504 e. The lowest BCUT2D eigenvalue weighted by Crippen LogP contribution is -2.23. The highest BCUT2D eigenvalue weighted by Gasteiger charge is 2.11. The van der Waals surface area contributed by atoms with Gasteiger partial charge in [-0.15, -0.1) is 0 Å². The Morgan fingerprint density at radius 1 is 1.29 bits per heavy atom. The Bertz CT molecular complexity index is 1200. The molecule has 0 aliphatic carbocycles. The summed E-state index contributed by atoms with van der Waals surface area (Å²) in [5.74, 6) is 0.403. The summed E-state index contributed by atoms with van der Waals surface area (Å²) in [5.41, 5.74) is 2.31. The van der Waals surface area contributed by atoms with Crippen LogP contribution in [-0.2, 0) is 0 Å². The van der Waals surface area contributed by atoms with E-state index in [1.807, 2.05) is 10.5 Å². The van der Waals surface area contributed by atoms with Gasteiger partial charge in [-0.3, -0.25) is 9.20 Å². The van der Waals surface area contributed by atoms with Gasteiger partial charge < -0.3 is 9.84 Å². The van der Waals surface area contributed by atoms with Crippen LogP contribution in [0.4, 0.5) is 0 Å². The highest BCUT2D eigenvalue weighted by atomic mass is 35.5. The first kappa shape index (κ1) is 15.0. The second-order valence-corrected chi connectivity index (χ2v) is 6.59. The van der Waals surface area contributed by atoms with Crippen LogP contribution in [-0.4, -0.2) is 21.6 Å². The maximum atomic E-state index is 12.4. The predicted molar refractivity (Wildman–Crippen MR) is 95.3 cm³/mol. The second-order valence-electron chi connectivity index (χ2n) is 5.21. The number of imidazole rings is 1. The maximum absolute atomic E-state index is 12.4. The van der Waals surface area contributed by atoms with Gasteiger partial charge in [-0.1, -0.05) is 29.0 Å². The summed E-state index contributed by atoms with van der Waals surface area (Å²) in [5, 5.41) is 10.8. The molecular weight excluding hydrogens is 348 g/mol. The molecule has 0 aliphatic rings. The van der Waals surface area contributed by atoms with Gasteiger partial charge in [-0.05, 0) is 42.0 Å².